The molecule has 4 unspecified atom stereocenters. The van der Waals surface area contributed by atoms with Gasteiger partial charge in [0.25, 0.3) is 0 Å². The van der Waals surface area contributed by atoms with Gasteiger partial charge in [0.15, 0.2) is 0 Å². The standard InChI is InChI=1S/C19H32O4/c1-7-17(3,4)16(21)22-11-9-15(20)23-19(6)13(2)18(5)10-8-14(19)12-18/h13-14H,7-12H2,1-6H3. The van der Waals surface area contributed by atoms with E-state index in [9.17, 15) is 9.59 Å². The average Bonchev–Trinajstić information content (AvgIpc) is 2.96. The van der Waals surface area contributed by atoms with Crippen molar-refractivity contribution in [1.29, 1.82) is 0 Å². The molecule has 2 rings (SSSR count). The molecule has 0 heterocycles. The van der Waals surface area contributed by atoms with Crippen LogP contribution in [0.25, 0.3) is 0 Å². The third-order valence-electron chi connectivity index (χ3n) is 6.80. The molecule has 23 heavy (non-hydrogen) atoms. The number of hydrogen-bond donors (Lipinski definition) is 0. The van der Waals surface area contributed by atoms with E-state index in [0.717, 1.165) is 12.8 Å². The Labute approximate surface area is 140 Å². The van der Waals surface area contributed by atoms with Gasteiger partial charge < -0.3 is 9.47 Å². The highest BCUT2D eigenvalue weighted by molar-refractivity contribution is 5.76. The van der Waals surface area contributed by atoms with Gasteiger partial charge >= 0.3 is 11.9 Å². The summed E-state index contributed by atoms with van der Waals surface area (Å²) in [5.74, 6) is 0.338. The first-order valence-corrected chi connectivity index (χ1v) is 8.94. The molecule has 0 spiro atoms. The highest BCUT2D eigenvalue weighted by Crippen LogP contribution is 2.63. The fourth-order valence-corrected chi connectivity index (χ4v) is 4.23. The van der Waals surface area contributed by atoms with Gasteiger partial charge in [-0.25, -0.2) is 0 Å². The summed E-state index contributed by atoms with van der Waals surface area (Å²) in [5.41, 5.74) is -0.558. The average molecular weight is 324 g/mol. The summed E-state index contributed by atoms with van der Waals surface area (Å²) in [4.78, 5) is 24.1. The first-order valence-electron chi connectivity index (χ1n) is 8.94. The summed E-state index contributed by atoms with van der Waals surface area (Å²) in [6.45, 7) is 12.4. The van der Waals surface area contributed by atoms with Crippen molar-refractivity contribution in [2.75, 3.05) is 6.61 Å². The molecule has 0 amide bonds. The summed E-state index contributed by atoms with van der Waals surface area (Å²) in [6.07, 6.45) is 4.38. The molecule has 2 saturated carbocycles. The van der Waals surface area contributed by atoms with E-state index in [-0.39, 0.29) is 30.6 Å². The second-order valence-electron chi connectivity index (χ2n) is 8.60. The van der Waals surface area contributed by atoms with Crippen molar-refractivity contribution in [2.24, 2.45) is 22.7 Å². The zero-order valence-electron chi connectivity index (χ0n) is 15.5. The summed E-state index contributed by atoms with van der Waals surface area (Å²) in [5, 5.41) is 0. The minimum atomic E-state index is -0.496. The molecule has 0 aromatic rings. The normalized spacial score (nSPS) is 36.1. The monoisotopic (exact) mass is 324 g/mol. The molecule has 0 aromatic carbocycles. The number of carbonyl (C=O) groups excluding carboxylic acids is 2. The Balaban J connectivity index is 1.83. The molecule has 0 aromatic heterocycles. The van der Waals surface area contributed by atoms with Gasteiger partial charge in [-0.2, -0.15) is 0 Å². The van der Waals surface area contributed by atoms with Crippen LogP contribution >= 0.6 is 0 Å². The molecular formula is C19H32O4. The molecule has 132 valence electrons. The molecule has 2 aliphatic rings. The molecule has 2 fully saturated rings. The predicted octanol–water partition coefficient (Wildman–Crippen LogP) is 4.11. The van der Waals surface area contributed by atoms with E-state index in [2.05, 4.69) is 20.8 Å². The number of esters is 2. The summed E-state index contributed by atoms with van der Waals surface area (Å²) < 4.78 is 11.1. The maximum absolute atomic E-state index is 12.2. The highest BCUT2D eigenvalue weighted by Gasteiger charge is 2.61. The van der Waals surface area contributed by atoms with Crippen LogP contribution in [0.3, 0.4) is 0 Å². The van der Waals surface area contributed by atoms with Gasteiger partial charge in [0.05, 0.1) is 11.8 Å². The van der Waals surface area contributed by atoms with E-state index in [4.69, 9.17) is 9.47 Å². The molecular weight excluding hydrogens is 292 g/mol. The largest absolute Gasteiger partial charge is 0.465 e. The van der Waals surface area contributed by atoms with Crippen LogP contribution in [0.1, 0.15) is 73.6 Å². The van der Waals surface area contributed by atoms with Crippen LogP contribution in [0.2, 0.25) is 0 Å². The Hall–Kier alpha value is -1.06. The fraction of sp³-hybridized carbons (Fsp3) is 0.895. The first-order chi connectivity index (χ1) is 10.5. The minimum Gasteiger partial charge on any atom is -0.465 e. The first kappa shape index (κ1) is 18.3. The number of carbonyl (C=O) groups is 2. The van der Waals surface area contributed by atoms with E-state index in [1.165, 1.54) is 6.42 Å². The third kappa shape index (κ3) is 3.27. The van der Waals surface area contributed by atoms with Gasteiger partial charge in [-0.1, -0.05) is 20.8 Å². The molecule has 4 heteroatoms. The lowest BCUT2D eigenvalue weighted by molar-refractivity contribution is -0.173. The van der Waals surface area contributed by atoms with Crippen molar-refractivity contribution in [2.45, 2.75) is 79.2 Å². The van der Waals surface area contributed by atoms with Crippen LogP contribution in [-0.4, -0.2) is 24.1 Å². The fourth-order valence-electron chi connectivity index (χ4n) is 4.23. The van der Waals surface area contributed by atoms with Crippen LogP contribution in [0.4, 0.5) is 0 Å². The maximum Gasteiger partial charge on any atom is 0.311 e. The van der Waals surface area contributed by atoms with Gasteiger partial charge in [-0.05, 0) is 57.8 Å². The summed E-state index contributed by atoms with van der Waals surface area (Å²) in [6, 6.07) is 0. The number of fused-ring (bicyclic) bond motifs is 2. The zero-order chi connectivity index (χ0) is 17.5. The van der Waals surface area contributed by atoms with Crippen molar-refractivity contribution in [3.05, 3.63) is 0 Å². The van der Waals surface area contributed by atoms with Crippen LogP contribution in [0, 0.1) is 22.7 Å². The summed E-state index contributed by atoms with van der Waals surface area (Å²) >= 11 is 0. The third-order valence-corrected chi connectivity index (χ3v) is 6.80. The molecule has 0 radical (unpaired) electrons. The number of ether oxygens (including phenoxy) is 2. The molecule has 2 aliphatic carbocycles. The highest BCUT2D eigenvalue weighted by atomic mass is 16.6. The van der Waals surface area contributed by atoms with Gasteiger partial charge in [-0.3, -0.25) is 9.59 Å². The van der Waals surface area contributed by atoms with Gasteiger partial charge in [0.2, 0.25) is 0 Å². The van der Waals surface area contributed by atoms with Crippen molar-refractivity contribution in [1.82, 2.24) is 0 Å². The lowest BCUT2D eigenvalue weighted by Gasteiger charge is -2.42. The van der Waals surface area contributed by atoms with Crippen LogP contribution in [0.15, 0.2) is 0 Å². The molecule has 0 N–H and O–H groups in total. The van der Waals surface area contributed by atoms with Crippen LogP contribution in [-0.2, 0) is 19.1 Å². The topological polar surface area (TPSA) is 52.6 Å². The Morgan fingerprint density at radius 1 is 1.26 bits per heavy atom. The second-order valence-corrected chi connectivity index (χ2v) is 8.60. The Bertz CT molecular complexity index is 484. The van der Waals surface area contributed by atoms with Crippen molar-refractivity contribution >= 4 is 11.9 Å². The zero-order valence-corrected chi connectivity index (χ0v) is 15.5. The van der Waals surface area contributed by atoms with E-state index in [1.807, 2.05) is 20.8 Å². The van der Waals surface area contributed by atoms with E-state index in [1.54, 1.807) is 0 Å². The quantitative estimate of drug-likeness (QED) is 0.690. The summed E-state index contributed by atoms with van der Waals surface area (Å²) in [7, 11) is 0. The molecule has 4 atom stereocenters. The van der Waals surface area contributed by atoms with E-state index in [0.29, 0.717) is 23.7 Å². The SMILES string of the molecule is CCC(C)(C)C(=O)OCCC(=O)OC1(C)C2CCC(C)(C2)C1C. The van der Waals surface area contributed by atoms with Gasteiger partial charge in [0, 0.05) is 5.92 Å². The lowest BCUT2D eigenvalue weighted by atomic mass is 9.70. The Morgan fingerprint density at radius 2 is 1.91 bits per heavy atom. The van der Waals surface area contributed by atoms with Crippen molar-refractivity contribution in [3.63, 3.8) is 0 Å². The van der Waals surface area contributed by atoms with E-state index < -0.39 is 5.41 Å². The lowest BCUT2D eigenvalue weighted by Crippen LogP contribution is -2.45. The smallest absolute Gasteiger partial charge is 0.311 e. The number of hydrogen-bond acceptors (Lipinski definition) is 4. The second kappa shape index (κ2) is 6.10. The van der Waals surface area contributed by atoms with Crippen molar-refractivity contribution < 1.29 is 19.1 Å². The van der Waals surface area contributed by atoms with Crippen LogP contribution < -0.4 is 0 Å². The molecule has 4 nitrogen and oxygen atoms in total. The number of rotatable bonds is 6. The molecule has 0 saturated heterocycles. The predicted molar refractivity (Wildman–Crippen MR) is 88.8 cm³/mol. The maximum atomic E-state index is 12.2. The Kier molecular flexibility index (Phi) is 4.85. The Morgan fingerprint density at radius 3 is 2.43 bits per heavy atom. The minimum absolute atomic E-state index is 0.105. The molecule has 2 bridgehead atoms. The van der Waals surface area contributed by atoms with Gasteiger partial charge in [-0.15, -0.1) is 0 Å². The van der Waals surface area contributed by atoms with Crippen molar-refractivity contribution in [3.8, 4) is 0 Å². The molecule has 0 aliphatic heterocycles. The van der Waals surface area contributed by atoms with E-state index >= 15 is 0 Å². The van der Waals surface area contributed by atoms with Crippen LogP contribution in [0.5, 0.6) is 0 Å². The van der Waals surface area contributed by atoms with Gasteiger partial charge in [0.1, 0.15) is 12.2 Å².